The number of rotatable bonds is 5. The van der Waals surface area contributed by atoms with Gasteiger partial charge in [-0.2, -0.15) is 0 Å². The van der Waals surface area contributed by atoms with Gasteiger partial charge in [0.2, 0.25) is 5.91 Å². The quantitative estimate of drug-likeness (QED) is 0.901. The molecule has 130 valence electrons. The van der Waals surface area contributed by atoms with Crippen molar-refractivity contribution in [2.75, 3.05) is 13.2 Å². The van der Waals surface area contributed by atoms with Crippen molar-refractivity contribution in [3.63, 3.8) is 0 Å². The second-order valence-electron chi connectivity index (χ2n) is 6.70. The van der Waals surface area contributed by atoms with Crippen LogP contribution in [0.15, 0.2) is 24.3 Å². The topological polar surface area (TPSA) is 66.8 Å². The molecule has 5 heteroatoms. The van der Waals surface area contributed by atoms with Gasteiger partial charge in [-0.25, -0.2) is 0 Å². The van der Waals surface area contributed by atoms with E-state index in [0.29, 0.717) is 19.4 Å². The Hall–Kier alpha value is -1.88. The van der Waals surface area contributed by atoms with Crippen molar-refractivity contribution in [2.45, 2.75) is 51.2 Å². The minimum atomic E-state index is -0.829. The van der Waals surface area contributed by atoms with Crippen LogP contribution in [-0.2, 0) is 20.7 Å². The lowest BCUT2D eigenvalue weighted by Crippen LogP contribution is -2.48. The molecule has 3 atom stereocenters. The minimum Gasteiger partial charge on any atom is -0.481 e. The van der Waals surface area contributed by atoms with E-state index in [1.54, 1.807) is 4.90 Å². The number of carboxylic acids is 1. The molecule has 2 aliphatic rings. The molecule has 0 aromatic heterocycles. The molecule has 2 saturated heterocycles. The van der Waals surface area contributed by atoms with Crippen molar-refractivity contribution in [3.05, 3.63) is 35.4 Å². The fourth-order valence-electron chi connectivity index (χ4n) is 3.80. The van der Waals surface area contributed by atoms with Gasteiger partial charge in [-0.05, 0) is 36.8 Å². The molecule has 0 radical (unpaired) electrons. The van der Waals surface area contributed by atoms with Crippen molar-refractivity contribution in [1.82, 2.24) is 4.90 Å². The number of hydrogen-bond donors (Lipinski definition) is 1. The summed E-state index contributed by atoms with van der Waals surface area (Å²) in [7, 11) is 0. The number of aliphatic carboxylic acids is 1. The molecule has 0 saturated carbocycles. The van der Waals surface area contributed by atoms with Gasteiger partial charge < -0.3 is 14.7 Å². The van der Waals surface area contributed by atoms with Crippen LogP contribution in [0.5, 0.6) is 0 Å². The summed E-state index contributed by atoms with van der Waals surface area (Å²) in [6.45, 7) is 3.30. The SMILES string of the molecule is CCc1ccc(C2C(C(=O)O)CCC(=O)N2CC2CCCO2)cc1. The van der Waals surface area contributed by atoms with Gasteiger partial charge in [0.25, 0.3) is 0 Å². The van der Waals surface area contributed by atoms with E-state index < -0.39 is 17.9 Å². The molecular formula is C19H25NO4. The van der Waals surface area contributed by atoms with Crippen LogP contribution in [0.3, 0.4) is 0 Å². The van der Waals surface area contributed by atoms with Gasteiger partial charge in [0, 0.05) is 19.6 Å². The van der Waals surface area contributed by atoms with Crippen LogP contribution in [0.25, 0.3) is 0 Å². The highest BCUT2D eigenvalue weighted by molar-refractivity contribution is 5.81. The van der Waals surface area contributed by atoms with Gasteiger partial charge in [0.1, 0.15) is 0 Å². The van der Waals surface area contributed by atoms with Crippen molar-refractivity contribution in [3.8, 4) is 0 Å². The summed E-state index contributed by atoms with van der Waals surface area (Å²) in [4.78, 5) is 26.1. The molecule has 3 unspecified atom stereocenters. The van der Waals surface area contributed by atoms with Gasteiger partial charge in [-0.15, -0.1) is 0 Å². The lowest BCUT2D eigenvalue weighted by molar-refractivity contribution is -0.153. The number of piperidine rings is 1. The van der Waals surface area contributed by atoms with Crippen LogP contribution in [0.1, 0.15) is 49.8 Å². The maximum atomic E-state index is 12.5. The highest BCUT2D eigenvalue weighted by Gasteiger charge is 2.41. The average molecular weight is 331 g/mol. The standard InChI is InChI=1S/C19H25NO4/c1-2-13-5-7-14(8-6-13)18-16(19(22)23)9-10-17(21)20(18)12-15-4-3-11-24-15/h5-8,15-16,18H,2-4,9-12H2,1H3,(H,22,23). The Morgan fingerprint density at radius 1 is 1.29 bits per heavy atom. The Labute approximate surface area is 142 Å². The Kier molecular flexibility index (Phi) is 5.19. The molecule has 1 N–H and O–H groups in total. The number of hydrogen-bond acceptors (Lipinski definition) is 3. The molecule has 3 rings (SSSR count). The average Bonchev–Trinajstić information content (AvgIpc) is 3.09. The highest BCUT2D eigenvalue weighted by Crippen LogP contribution is 2.37. The van der Waals surface area contributed by atoms with Crippen LogP contribution in [0.4, 0.5) is 0 Å². The third kappa shape index (κ3) is 3.46. The largest absolute Gasteiger partial charge is 0.481 e. The number of likely N-dealkylation sites (tertiary alicyclic amines) is 1. The highest BCUT2D eigenvalue weighted by atomic mass is 16.5. The first-order chi connectivity index (χ1) is 11.6. The third-order valence-corrected chi connectivity index (χ3v) is 5.18. The zero-order valence-corrected chi connectivity index (χ0v) is 14.1. The normalized spacial score (nSPS) is 27.5. The molecule has 2 fully saturated rings. The molecule has 24 heavy (non-hydrogen) atoms. The number of nitrogens with zero attached hydrogens (tertiary/aromatic N) is 1. The van der Waals surface area contributed by atoms with Gasteiger partial charge in [-0.1, -0.05) is 31.2 Å². The number of carbonyl (C=O) groups is 2. The molecule has 2 heterocycles. The number of carbonyl (C=O) groups excluding carboxylic acids is 1. The number of amides is 1. The number of carboxylic acid groups (broad SMARTS) is 1. The minimum absolute atomic E-state index is 0.0268. The lowest BCUT2D eigenvalue weighted by atomic mass is 9.83. The Morgan fingerprint density at radius 2 is 2.04 bits per heavy atom. The molecule has 2 aliphatic heterocycles. The fraction of sp³-hybridized carbons (Fsp3) is 0.579. The molecule has 1 aromatic carbocycles. The smallest absolute Gasteiger partial charge is 0.308 e. The first kappa shape index (κ1) is 17.0. The summed E-state index contributed by atoms with van der Waals surface area (Å²) in [6.07, 6.45) is 3.60. The first-order valence-corrected chi connectivity index (χ1v) is 8.83. The molecular weight excluding hydrogens is 306 g/mol. The zero-order valence-electron chi connectivity index (χ0n) is 14.1. The monoisotopic (exact) mass is 331 g/mol. The predicted octanol–water partition coefficient (Wildman–Crippen LogP) is 2.79. The maximum absolute atomic E-state index is 12.5. The zero-order chi connectivity index (χ0) is 17.1. The Morgan fingerprint density at radius 3 is 2.62 bits per heavy atom. The summed E-state index contributed by atoms with van der Waals surface area (Å²) in [5.74, 6) is -1.35. The first-order valence-electron chi connectivity index (χ1n) is 8.83. The van der Waals surface area contributed by atoms with E-state index >= 15 is 0 Å². The van der Waals surface area contributed by atoms with Gasteiger partial charge >= 0.3 is 5.97 Å². The molecule has 5 nitrogen and oxygen atoms in total. The summed E-state index contributed by atoms with van der Waals surface area (Å²) in [6, 6.07) is 7.59. The van der Waals surface area contributed by atoms with Gasteiger partial charge in [-0.3, -0.25) is 9.59 Å². The molecule has 0 aliphatic carbocycles. The molecule has 0 bridgehead atoms. The summed E-state index contributed by atoms with van der Waals surface area (Å²) >= 11 is 0. The maximum Gasteiger partial charge on any atom is 0.308 e. The van der Waals surface area contributed by atoms with Crippen molar-refractivity contribution in [2.24, 2.45) is 5.92 Å². The van der Waals surface area contributed by atoms with Crippen LogP contribution in [-0.4, -0.2) is 41.1 Å². The third-order valence-electron chi connectivity index (χ3n) is 5.18. The van der Waals surface area contributed by atoms with E-state index in [-0.39, 0.29) is 12.0 Å². The Balaban J connectivity index is 1.90. The van der Waals surface area contributed by atoms with Crippen molar-refractivity contribution >= 4 is 11.9 Å². The van der Waals surface area contributed by atoms with E-state index in [1.165, 1.54) is 5.56 Å². The van der Waals surface area contributed by atoms with Crippen LogP contribution < -0.4 is 0 Å². The second-order valence-corrected chi connectivity index (χ2v) is 6.70. The van der Waals surface area contributed by atoms with E-state index in [2.05, 4.69) is 6.92 Å². The Bertz CT molecular complexity index is 592. The summed E-state index contributed by atoms with van der Waals surface area (Å²) in [5, 5.41) is 9.67. The lowest BCUT2D eigenvalue weighted by Gasteiger charge is -2.40. The summed E-state index contributed by atoms with van der Waals surface area (Å²) in [5.41, 5.74) is 2.11. The van der Waals surface area contributed by atoms with Crippen molar-refractivity contribution < 1.29 is 19.4 Å². The number of ether oxygens (including phenoxy) is 1. The van der Waals surface area contributed by atoms with E-state index in [0.717, 1.165) is 31.4 Å². The predicted molar refractivity (Wildman–Crippen MR) is 89.6 cm³/mol. The molecule has 1 amide bonds. The second kappa shape index (κ2) is 7.34. The molecule has 1 aromatic rings. The van der Waals surface area contributed by atoms with Crippen LogP contribution >= 0.6 is 0 Å². The van der Waals surface area contributed by atoms with Crippen LogP contribution in [0, 0.1) is 5.92 Å². The van der Waals surface area contributed by atoms with Crippen LogP contribution in [0.2, 0.25) is 0 Å². The van der Waals surface area contributed by atoms with E-state index in [4.69, 9.17) is 4.74 Å². The van der Waals surface area contributed by atoms with Gasteiger partial charge in [0.05, 0.1) is 18.1 Å². The van der Waals surface area contributed by atoms with E-state index in [1.807, 2.05) is 24.3 Å². The van der Waals surface area contributed by atoms with Crippen molar-refractivity contribution in [1.29, 1.82) is 0 Å². The van der Waals surface area contributed by atoms with E-state index in [9.17, 15) is 14.7 Å². The number of benzene rings is 1. The number of aryl methyl sites for hydroxylation is 1. The summed E-state index contributed by atoms with van der Waals surface area (Å²) < 4.78 is 5.68. The fourth-order valence-corrected chi connectivity index (χ4v) is 3.80. The van der Waals surface area contributed by atoms with Gasteiger partial charge in [0.15, 0.2) is 0 Å². The molecule has 0 spiro atoms.